The van der Waals surface area contributed by atoms with Crippen molar-refractivity contribution in [2.45, 2.75) is 38.8 Å². The Hall–Kier alpha value is -0.480. The molecule has 0 aromatic carbocycles. The summed E-state index contributed by atoms with van der Waals surface area (Å²) in [6.45, 7) is 2.91. The van der Waals surface area contributed by atoms with Crippen LogP contribution in [0.2, 0.25) is 0 Å². The van der Waals surface area contributed by atoms with E-state index in [1.54, 1.807) is 0 Å². The highest BCUT2D eigenvalue weighted by molar-refractivity contribution is 7.99. The van der Waals surface area contributed by atoms with Crippen LogP contribution < -0.4 is 5.32 Å². The van der Waals surface area contributed by atoms with Crippen LogP contribution in [0.4, 0.5) is 0 Å². The smallest absolute Gasteiger partial charge is 0.150 e. The molecule has 1 fully saturated rings. The number of thioether (sulfide) groups is 1. The van der Waals surface area contributed by atoms with E-state index in [9.17, 15) is 0 Å². The molecule has 0 radical (unpaired) electrons. The molecule has 0 aliphatic carbocycles. The Morgan fingerprint density at radius 1 is 1.67 bits per heavy atom. The highest BCUT2D eigenvalue weighted by atomic mass is 32.2. The van der Waals surface area contributed by atoms with Crippen LogP contribution in [0.3, 0.4) is 0 Å². The average Bonchev–Trinajstić information content (AvgIpc) is 2.76. The lowest BCUT2D eigenvalue weighted by Gasteiger charge is -2.21. The maximum absolute atomic E-state index is 5.23. The van der Waals surface area contributed by atoms with Crippen LogP contribution in [-0.4, -0.2) is 22.7 Å². The molecular weight excluding hydrogens is 208 g/mol. The van der Waals surface area contributed by atoms with E-state index in [0.717, 1.165) is 24.4 Å². The molecular formula is C11H18N2OS. The van der Waals surface area contributed by atoms with E-state index in [-0.39, 0.29) is 0 Å². The third-order valence-corrected chi connectivity index (χ3v) is 3.91. The zero-order valence-electron chi connectivity index (χ0n) is 9.16. The van der Waals surface area contributed by atoms with Crippen LogP contribution >= 0.6 is 11.8 Å². The summed E-state index contributed by atoms with van der Waals surface area (Å²) in [6, 6.07) is 2.70. The van der Waals surface area contributed by atoms with Gasteiger partial charge in [-0.3, -0.25) is 0 Å². The van der Waals surface area contributed by atoms with Crippen molar-refractivity contribution in [1.29, 1.82) is 0 Å². The summed E-state index contributed by atoms with van der Waals surface area (Å²) >= 11 is 2.04. The molecule has 4 heteroatoms. The van der Waals surface area contributed by atoms with E-state index in [1.165, 1.54) is 24.3 Å². The monoisotopic (exact) mass is 226 g/mol. The van der Waals surface area contributed by atoms with Gasteiger partial charge in [0.25, 0.3) is 0 Å². The van der Waals surface area contributed by atoms with Gasteiger partial charge in [-0.25, -0.2) is 0 Å². The topological polar surface area (TPSA) is 38.1 Å². The Labute approximate surface area is 95.0 Å². The van der Waals surface area contributed by atoms with Crippen molar-refractivity contribution in [3.8, 4) is 0 Å². The summed E-state index contributed by atoms with van der Waals surface area (Å²) in [4.78, 5) is 0. The molecule has 84 valence electrons. The predicted octanol–water partition coefficient (Wildman–Crippen LogP) is 2.22. The van der Waals surface area contributed by atoms with Crippen LogP contribution in [-0.2, 0) is 13.0 Å². The molecule has 1 atom stereocenters. The molecule has 2 heterocycles. The quantitative estimate of drug-likeness (QED) is 0.854. The summed E-state index contributed by atoms with van der Waals surface area (Å²) in [5.74, 6) is 3.51. The molecule has 3 nitrogen and oxygen atoms in total. The summed E-state index contributed by atoms with van der Waals surface area (Å²) < 4.78 is 5.23. The van der Waals surface area contributed by atoms with Gasteiger partial charge in [-0.1, -0.05) is 12.1 Å². The van der Waals surface area contributed by atoms with Gasteiger partial charge >= 0.3 is 0 Å². The number of hydrogen-bond donors (Lipinski definition) is 1. The number of hydrogen-bond acceptors (Lipinski definition) is 4. The molecule has 1 aliphatic rings. The second-order valence-corrected chi connectivity index (χ2v) is 5.08. The lowest BCUT2D eigenvalue weighted by atomic mass is 10.2. The highest BCUT2D eigenvalue weighted by Crippen LogP contribution is 2.17. The second kappa shape index (κ2) is 5.56. The van der Waals surface area contributed by atoms with Gasteiger partial charge in [0, 0.05) is 17.9 Å². The number of rotatable bonds is 4. The summed E-state index contributed by atoms with van der Waals surface area (Å²) in [6.07, 6.45) is 3.57. The van der Waals surface area contributed by atoms with Gasteiger partial charge in [0.2, 0.25) is 0 Å². The summed E-state index contributed by atoms with van der Waals surface area (Å²) in [5.41, 5.74) is 1.05. The largest absolute Gasteiger partial charge is 0.360 e. The summed E-state index contributed by atoms with van der Waals surface area (Å²) in [5, 5.41) is 7.50. The van der Waals surface area contributed by atoms with Crippen molar-refractivity contribution in [3.05, 3.63) is 17.5 Å². The summed E-state index contributed by atoms with van der Waals surface area (Å²) in [7, 11) is 0. The van der Waals surface area contributed by atoms with Crippen LogP contribution in [0, 0.1) is 0 Å². The van der Waals surface area contributed by atoms with E-state index >= 15 is 0 Å². The lowest BCUT2D eigenvalue weighted by molar-refractivity contribution is 0.358. The minimum atomic E-state index is 0.652. The van der Waals surface area contributed by atoms with E-state index in [4.69, 9.17) is 4.52 Å². The molecule has 0 bridgehead atoms. The standard InChI is InChI=1S/C11H18N2OS/c1-2-9-6-11(14-13-9)7-12-10-4-3-5-15-8-10/h6,10,12H,2-5,7-8H2,1H3. The fourth-order valence-electron chi connectivity index (χ4n) is 1.75. The van der Waals surface area contributed by atoms with Crippen LogP contribution in [0.25, 0.3) is 0 Å². The molecule has 1 N–H and O–H groups in total. The Morgan fingerprint density at radius 2 is 2.60 bits per heavy atom. The third kappa shape index (κ3) is 3.24. The Balaban J connectivity index is 1.76. The predicted molar refractivity (Wildman–Crippen MR) is 63.1 cm³/mol. The molecule has 1 aliphatic heterocycles. The van der Waals surface area contributed by atoms with E-state index in [0.29, 0.717) is 6.04 Å². The van der Waals surface area contributed by atoms with E-state index in [2.05, 4.69) is 17.4 Å². The van der Waals surface area contributed by atoms with Crippen LogP contribution in [0.15, 0.2) is 10.6 Å². The molecule has 1 unspecified atom stereocenters. The van der Waals surface area contributed by atoms with Crippen molar-refractivity contribution in [2.75, 3.05) is 11.5 Å². The molecule has 2 rings (SSSR count). The number of aromatic nitrogens is 1. The molecule has 0 amide bonds. The molecule has 1 aromatic heterocycles. The minimum absolute atomic E-state index is 0.652. The van der Waals surface area contributed by atoms with Gasteiger partial charge in [0.1, 0.15) is 0 Å². The van der Waals surface area contributed by atoms with Gasteiger partial charge in [0.15, 0.2) is 5.76 Å². The second-order valence-electron chi connectivity index (χ2n) is 3.93. The minimum Gasteiger partial charge on any atom is -0.360 e. The Morgan fingerprint density at radius 3 is 3.27 bits per heavy atom. The lowest BCUT2D eigenvalue weighted by Crippen LogP contribution is -2.33. The van der Waals surface area contributed by atoms with Crippen LogP contribution in [0.5, 0.6) is 0 Å². The first kappa shape index (κ1) is 11.0. The first-order valence-corrected chi connectivity index (χ1v) is 6.79. The zero-order valence-corrected chi connectivity index (χ0v) is 9.98. The Bertz CT molecular complexity index is 295. The van der Waals surface area contributed by atoms with Crippen molar-refractivity contribution >= 4 is 11.8 Å². The van der Waals surface area contributed by atoms with E-state index < -0.39 is 0 Å². The number of nitrogens with one attached hydrogen (secondary N) is 1. The molecule has 1 aromatic rings. The average molecular weight is 226 g/mol. The van der Waals surface area contributed by atoms with E-state index in [1.807, 2.05) is 17.8 Å². The van der Waals surface area contributed by atoms with Gasteiger partial charge in [-0.15, -0.1) is 0 Å². The zero-order chi connectivity index (χ0) is 10.5. The highest BCUT2D eigenvalue weighted by Gasteiger charge is 2.13. The molecule has 0 saturated carbocycles. The first-order valence-electron chi connectivity index (χ1n) is 5.64. The number of aryl methyl sites for hydroxylation is 1. The third-order valence-electron chi connectivity index (χ3n) is 2.70. The molecule has 1 saturated heterocycles. The number of nitrogens with zero attached hydrogens (tertiary/aromatic N) is 1. The van der Waals surface area contributed by atoms with Crippen molar-refractivity contribution in [1.82, 2.24) is 10.5 Å². The van der Waals surface area contributed by atoms with Crippen molar-refractivity contribution < 1.29 is 4.52 Å². The fourth-order valence-corrected chi connectivity index (χ4v) is 2.86. The van der Waals surface area contributed by atoms with Gasteiger partial charge in [-0.05, 0) is 25.0 Å². The maximum atomic E-state index is 5.23. The van der Waals surface area contributed by atoms with Gasteiger partial charge < -0.3 is 9.84 Å². The molecule has 0 spiro atoms. The Kier molecular flexibility index (Phi) is 4.09. The fraction of sp³-hybridized carbons (Fsp3) is 0.727. The van der Waals surface area contributed by atoms with Crippen molar-refractivity contribution in [2.24, 2.45) is 0 Å². The van der Waals surface area contributed by atoms with Crippen molar-refractivity contribution in [3.63, 3.8) is 0 Å². The van der Waals surface area contributed by atoms with Gasteiger partial charge in [0.05, 0.1) is 12.2 Å². The first-order chi connectivity index (χ1) is 7.38. The van der Waals surface area contributed by atoms with Gasteiger partial charge in [-0.2, -0.15) is 11.8 Å². The van der Waals surface area contributed by atoms with Crippen LogP contribution in [0.1, 0.15) is 31.2 Å². The molecule has 15 heavy (non-hydrogen) atoms. The SMILES string of the molecule is CCc1cc(CNC2CCCSC2)on1. The normalized spacial score (nSPS) is 21.8. The maximum Gasteiger partial charge on any atom is 0.150 e.